The minimum atomic E-state index is 0.624. The number of nitrogens with two attached hydrogens (primary N) is 2. The molecule has 0 saturated heterocycles. The van der Waals surface area contributed by atoms with Gasteiger partial charge in [0.1, 0.15) is 0 Å². The monoisotopic (exact) mass is 460 g/mol. The van der Waals surface area contributed by atoms with Crippen molar-refractivity contribution < 1.29 is 0 Å². The number of benzene rings is 1. The summed E-state index contributed by atoms with van der Waals surface area (Å²) in [5.41, 5.74) is 11.6. The van der Waals surface area contributed by atoms with Gasteiger partial charge < -0.3 is 11.5 Å². The Balaban J connectivity index is 3.82. The zero-order chi connectivity index (χ0) is 19.4. The standard InChI is InChI=1S/C18H24N2S6/c1-5-21-13-14(22-6-2)18(26-12-10-20)16(24-8-4)15(23-7-3)17(13)25-11-9-19/h5-8H,1-4,9-12,19-20H2. The molecule has 1 rings (SSSR count). The van der Waals surface area contributed by atoms with Gasteiger partial charge in [-0.05, 0) is 21.6 Å². The molecule has 0 fully saturated rings. The lowest BCUT2D eigenvalue weighted by Crippen LogP contribution is -2.04. The molecule has 26 heavy (non-hydrogen) atoms. The lowest BCUT2D eigenvalue weighted by atomic mass is 10.3. The van der Waals surface area contributed by atoms with E-state index in [-0.39, 0.29) is 0 Å². The highest BCUT2D eigenvalue weighted by molar-refractivity contribution is 8.08. The minimum Gasteiger partial charge on any atom is -0.330 e. The van der Waals surface area contributed by atoms with Gasteiger partial charge in [-0.15, -0.1) is 23.5 Å². The first-order valence-corrected chi connectivity index (χ1v) is 13.2. The lowest BCUT2D eigenvalue weighted by Gasteiger charge is -2.23. The van der Waals surface area contributed by atoms with Crippen LogP contribution in [0.15, 0.2) is 77.3 Å². The molecule has 0 aliphatic heterocycles. The summed E-state index contributed by atoms with van der Waals surface area (Å²) in [6.07, 6.45) is 0. The van der Waals surface area contributed by atoms with Crippen molar-refractivity contribution in [2.75, 3.05) is 24.6 Å². The Morgan fingerprint density at radius 2 is 0.808 bits per heavy atom. The number of hydrogen-bond donors (Lipinski definition) is 2. The van der Waals surface area contributed by atoms with E-state index in [4.69, 9.17) is 11.5 Å². The van der Waals surface area contributed by atoms with Crippen LogP contribution < -0.4 is 11.5 Å². The summed E-state index contributed by atoms with van der Waals surface area (Å²) >= 11 is 10.1. The first-order valence-electron chi connectivity index (χ1n) is 7.69. The van der Waals surface area contributed by atoms with E-state index < -0.39 is 0 Å². The molecule has 0 amide bonds. The first kappa shape index (κ1) is 24.2. The molecular formula is C18H24N2S6. The van der Waals surface area contributed by atoms with Gasteiger partial charge in [0.2, 0.25) is 0 Å². The van der Waals surface area contributed by atoms with E-state index >= 15 is 0 Å². The molecule has 0 aromatic heterocycles. The predicted octanol–water partition coefficient (Wildman–Crippen LogP) is 6.73. The van der Waals surface area contributed by atoms with Gasteiger partial charge in [0, 0.05) is 54.0 Å². The Morgan fingerprint density at radius 1 is 0.538 bits per heavy atom. The van der Waals surface area contributed by atoms with Crippen molar-refractivity contribution in [3.8, 4) is 0 Å². The molecule has 1 aromatic carbocycles. The van der Waals surface area contributed by atoms with Gasteiger partial charge in [-0.1, -0.05) is 73.4 Å². The van der Waals surface area contributed by atoms with Crippen molar-refractivity contribution in [2.24, 2.45) is 11.5 Å². The van der Waals surface area contributed by atoms with E-state index in [9.17, 15) is 0 Å². The molecule has 0 atom stereocenters. The Bertz CT molecular complexity index is 545. The predicted molar refractivity (Wildman–Crippen MR) is 130 cm³/mol. The summed E-state index contributed by atoms with van der Waals surface area (Å²) in [6, 6.07) is 0. The molecule has 0 unspecified atom stereocenters. The molecule has 0 aliphatic carbocycles. The Labute approximate surface area is 182 Å². The average Bonchev–Trinajstić information content (AvgIpc) is 2.64. The van der Waals surface area contributed by atoms with Crippen LogP contribution in [0.2, 0.25) is 0 Å². The molecule has 0 bridgehead atoms. The quantitative estimate of drug-likeness (QED) is 0.296. The van der Waals surface area contributed by atoms with Crippen molar-refractivity contribution in [1.82, 2.24) is 0 Å². The second-order valence-electron chi connectivity index (χ2n) is 4.39. The Hall–Kier alpha value is 0.200. The molecule has 0 heterocycles. The van der Waals surface area contributed by atoms with Crippen LogP contribution >= 0.6 is 70.6 Å². The molecule has 8 heteroatoms. The zero-order valence-electron chi connectivity index (χ0n) is 14.6. The molecule has 1 aromatic rings. The molecular weight excluding hydrogens is 437 g/mol. The average molecular weight is 461 g/mol. The third kappa shape index (κ3) is 6.67. The van der Waals surface area contributed by atoms with Gasteiger partial charge in [-0.3, -0.25) is 0 Å². The SMILES string of the molecule is C=CSc1c(SC=C)c(SCCN)c(SC=C)c(SC=C)c1SCCN. The minimum absolute atomic E-state index is 0.624. The van der Waals surface area contributed by atoms with Crippen LogP contribution in [0.1, 0.15) is 0 Å². The van der Waals surface area contributed by atoms with E-state index in [0.29, 0.717) is 13.1 Å². The smallest absolute Gasteiger partial charge is 0.0415 e. The van der Waals surface area contributed by atoms with E-state index in [1.54, 1.807) is 70.6 Å². The fourth-order valence-corrected chi connectivity index (χ4v) is 8.13. The van der Waals surface area contributed by atoms with E-state index in [1.807, 2.05) is 21.6 Å². The maximum absolute atomic E-state index is 5.78. The highest BCUT2D eigenvalue weighted by atomic mass is 32.2. The third-order valence-electron chi connectivity index (χ3n) is 2.77. The second kappa shape index (κ2) is 14.2. The lowest BCUT2D eigenvalue weighted by molar-refractivity contribution is 0.877. The fraction of sp³-hybridized carbons (Fsp3) is 0.222. The Morgan fingerprint density at radius 3 is 1.00 bits per heavy atom. The van der Waals surface area contributed by atoms with Crippen molar-refractivity contribution in [1.29, 1.82) is 0 Å². The van der Waals surface area contributed by atoms with Crippen LogP contribution in [-0.2, 0) is 0 Å². The van der Waals surface area contributed by atoms with Gasteiger partial charge in [0.05, 0.1) is 0 Å². The number of hydrogen-bond acceptors (Lipinski definition) is 8. The topological polar surface area (TPSA) is 52.0 Å². The summed E-state index contributed by atoms with van der Waals surface area (Å²) < 4.78 is 0. The Kier molecular flexibility index (Phi) is 13.3. The van der Waals surface area contributed by atoms with Crippen LogP contribution in [0.4, 0.5) is 0 Å². The fourth-order valence-electron chi connectivity index (χ4n) is 1.96. The second-order valence-corrected chi connectivity index (χ2v) is 10.5. The molecule has 0 aliphatic rings. The van der Waals surface area contributed by atoms with Gasteiger partial charge in [0.25, 0.3) is 0 Å². The molecule has 4 N–H and O–H groups in total. The first-order chi connectivity index (χ1) is 12.7. The van der Waals surface area contributed by atoms with Gasteiger partial charge in [0.15, 0.2) is 0 Å². The molecule has 142 valence electrons. The van der Waals surface area contributed by atoms with Crippen LogP contribution in [-0.4, -0.2) is 24.6 Å². The van der Waals surface area contributed by atoms with E-state index in [0.717, 1.165) is 11.5 Å². The molecule has 0 saturated carbocycles. The van der Waals surface area contributed by atoms with Crippen molar-refractivity contribution in [3.63, 3.8) is 0 Å². The largest absolute Gasteiger partial charge is 0.330 e. The summed E-state index contributed by atoms with van der Waals surface area (Å²) in [4.78, 5) is 7.22. The van der Waals surface area contributed by atoms with Crippen LogP contribution in [0.5, 0.6) is 0 Å². The molecule has 0 spiro atoms. The summed E-state index contributed by atoms with van der Waals surface area (Å²) in [5.74, 6) is 1.70. The summed E-state index contributed by atoms with van der Waals surface area (Å²) in [6.45, 7) is 16.9. The number of rotatable bonds is 14. The van der Waals surface area contributed by atoms with Crippen LogP contribution in [0.25, 0.3) is 0 Å². The maximum Gasteiger partial charge on any atom is 0.0415 e. The van der Waals surface area contributed by atoms with Crippen molar-refractivity contribution in [2.45, 2.75) is 29.4 Å². The van der Waals surface area contributed by atoms with Crippen LogP contribution in [0, 0.1) is 0 Å². The molecule has 2 nitrogen and oxygen atoms in total. The van der Waals surface area contributed by atoms with Gasteiger partial charge >= 0.3 is 0 Å². The van der Waals surface area contributed by atoms with Crippen LogP contribution in [0.3, 0.4) is 0 Å². The van der Waals surface area contributed by atoms with Crippen molar-refractivity contribution in [3.05, 3.63) is 47.9 Å². The van der Waals surface area contributed by atoms with E-state index in [2.05, 4.69) is 26.3 Å². The normalized spacial score (nSPS) is 10.5. The molecule has 0 radical (unpaired) electrons. The van der Waals surface area contributed by atoms with Gasteiger partial charge in [-0.2, -0.15) is 0 Å². The van der Waals surface area contributed by atoms with Gasteiger partial charge in [-0.25, -0.2) is 0 Å². The van der Waals surface area contributed by atoms with E-state index in [1.165, 1.54) is 29.4 Å². The highest BCUT2D eigenvalue weighted by Gasteiger charge is 2.24. The third-order valence-corrected chi connectivity index (χ3v) is 9.06. The zero-order valence-corrected chi connectivity index (χ0v) is 19.5. The maximum atomic E-state index is 5.78. The summed E-state index contributed by atoms with van der Waals surface area (Å²) in [7, 11) is 0. The summed E-state index contributed by atoms with van der Waals surface area (Å²) in [5, 5.41) is 7.48. The van der Waals surface area contributed by atoms with Crippen molar-refractivity contribution >= 4 is 70.6 Å². The number of thioether (sulfide) groups is 6. The highest BCUT2D eigenvalue weighted by Crippen LogP contribution is 2.54.